The summed E-state index contributed by atoms with van der Waals surface area (Å²) in [6.07, 6.45) is 2.09. The number of fused-ring (bicyclic) bond motifs is 1. The van der Waals surface area contributed by atoms with Crippen molar-refractivity contribution in [2.24, 2.45) is 0 Å². The summed E-state index contributed by atoms with van der Waals surface area (Å²) in [5, 5.41) is 5.85. The van der Waals surface area contributed by atoms with Gasteiger partial charge in [0.2, 0.25) is 0 Å². The fourth-order valence-electron chi connectivity index (χ4n) is 2.29. The minimum atomic E-state index is -0.248. The molecule has 0 bridgehead atoms. The molecule has 1 heterocycles. The van der Waals surface area contributed by atoms with Crippen LogP contribution in [-0.4, -0.2) is 31.3 Å². The van der Waals surface area contributed by atoms with Crippen LogP contribution in [0.2, 0.25) is 0 Å². The van der Waals surface area contributed by atoms with E-state index in [9.17, 15) is 9.59 Å². The Morgan fingerprint density at radius 2 is 2.10 bits per heavy atom. The molecule has 5 nitrogen and oxygen atoms in total. The summed E-state index contributed by atoms with van der Waals surface area (Å²) in [5.41, 5.74) is 1.30. The van der Waals surface area contributed by atoms with Gasteiger partial charge in [0.05, 0.1) is 5.56 Å². The minimum Gasteiger partial charge on any atom is -0.455 e. The lowest BCUT2D eigenvalue weighted by Crippen LogP contribution is -2.37. The summed E-state index contributed by atoms with van der Waals surface area (Å²) in [6, 6.07) is 0.190. The van der Waals surface area contributed by atoms with Crippen LogP contribution in [0.5, 0.6) is 0 Å². The van der Waals surface area contributed by atoms with E-state index >= 15 is 0 Å². The average Bonchev–Trinajstić information content (AvgIpc) is 2.74. The number of hydrogen-bond acceptors (Lipinski definition) is 4. The van der Waals surface area contributed by atoms with Crippen LogP contribution in [0.3, 0.4) is 0 Å². The van der Waals surface area contributed by atoms with E-state index in [2.05, 4.69) is 10.6 Å². The van der Waals surface area contributed by atoms with Crippen molar-refractivity contribution in [2.75, 3.05) is 13.6 Å². The molecule has 20 heavy (non-hydrogen) atoms. The molecule has 1 amide bonds. The van der Waals surface area contributed by atoms with Crippen molar-refractivity contribution in [2.45, 2.75) is 39.2 Å². The Hall–Kier alpha value is -1.33. The maximum atomic E-state index is 12.1. The maximum Gasteiger partial charge on any atom is 0.287 e. The maximum absolute atomic E-state index is 12.1. The number of nitrogens with one attached hydrogen (secondary N) is 2. The second-order valence-corrected chi connectivity index (χ2v) is 5.03. The quantitative estimate of drug-likeness (QED) is 0.890. The summed E-state index contributed by atoms with van der Waals surface area (Å²) in [5.74, 6) is 0.788. The van der Waals surface area contributed by atoms with Gasteiger partial charge in [-0.05, 0) is 27.3 Å². The number of carbonyl (C=O) groups is 2. The van der Waals surface area contributed by atoms with Crippen LogP contribution in [0, 0.1) is 6.92 Å². The predicted octanol–water partition coefficient (Wildman–Crippen LogP) is 1.87. The van der Waals surface area contributed by atoms with E-state index in [0.717, 1.165) is 12.8 Å². The molecule has 6 heteroatoms. The molecule has 2 N–H and O–H groups in total. The second-order valence-electron chi connectivity index (χ2n) is 5.03. The van der Waals surface area contributed by atoms with Crippen LogP contribution in [-0.2, 0) is 6.42 Å². The number of ketones is 1. The highest BCUT2D eigenvalue weighted by atomic mass is 35.5. The Morgan fingerprint density at radius 3 is 2.70 bits per heavy atom. The monoisotopic (exact) mass is 300 g/mol. The molecule has 0 fully saturated rings. The fraction of sp³-hybridized carbons (Fsp3) is 0.571. The first kappa shape index (κ1) is 16.7. The van der Waals surface area contributed by atoms with Crippen LogP contribution < -0.4 is 10.6 Å². The highest BCUT2D eigenvalue weighted by Crippen LogP contribution is 2.29. The molecule has 1 aromatic heterocycles. The Labute approximate surface area is 124 Å². The number of amides is 1. The van der Waals surface area contributed by atoms with Crippen LogP contribution in [0.15, 0.2) is 4.42 Å². The van der Waals surface area contributed by atoms with E-state index in [0.29, 0.717) is 29.9 Å². The highest BCUT2D eigenvalue weighted by molar-refractivity contribution is 6.03. The molecule has 0 radical (unpaired) electrons. The Bertz CT molecular complexity index is 511. The van der Waals surface area contributed by atoms with Gasteiger partial charge in [0, 0.05) is 31.0 Å². The molecule has 0 saturated carbocycles. The van der Waals surface area contributed by atoms with Gasteiger partial charge in [0.25, 0.3) is 5.91 Å². The van der Waals surface area contributed by atoms with Gasteiger partial charge in [-0.3, -0.25) is 9.59 Å². The van der Waals surface area contributed by atoms with Crippen LogP contribution in [0.25, 0.3) is 0 Å². The summed E-state index contributed by atoms with van der Waals surface area (Å²) in [4.78, 5) is 23.9. The average molecular weight is 301 g/mol. The predicted molar refractivity (Wildman–Crippen MR) is 78.8 cm³/mol. The first-order chi connectivity index (χ1) is 9.04. The number of hydrogen-bond donors (Lipinski definition) is 2. The molecule has 2 rings (SSSR count). The summed E-state index contributed by atoms with van der Waals surface area (Å²) < 4.78 is 5.58. The van der Waals surface area contributed by atoms with Crippen molar-refractivity contribution in [1.82, 2.24) is 10.6 Å². The van der Waals surface area contributed by atoms with E-state index in [1.165, 1.54) is 0 Å². The third-order valence-corrected chi connectivity index (χ3v) is 3.57. The number of halogens is 1. The normalized spacial score (nSPS) is 15.2. The molecular formula is C14H21ClN2O3. The standard InChI is InChI=1S/C14H20N2O3.ClH/c1-8(15-3)7-16-14(18)13-9(2)12-10(17)5-4-6-11(12)19-13;/h8,15H,4-7H2,1-3H3,(H,16,18);1H. The van der Waals surface area contributed by atoms with E-state index < -0.39 is 0 Å². The Morgan fingerprint density at radius 1 is 1.40 bits per heavy atom. The van der Waals surface area contributed by atoms with Gasteiger partial charge in [-0.25, -0.2) is 0 Å². The van der Waals surface area contributed by atoms with Gasteiger partial charge in [-0.1, -0.05) is 0 Å². The molecule has 1 aromatic rings. The number of rotatable bonds is 4. The molecule has 0 saturated heterocycles. The van der Waals surface area contributed by atoms with Gasteiger partial charge in [-0.2, -0.15) is 0 Å². The van der Waals surface area contributed by atoms with Gasteiger partial charge in [0.15, 0.2) is 11.5 Å². The zero-order chi connectivity index (χ0) is 14.0. The van der Waals surface area contributed by atoms with Crippen molar-refractivity contribution < 1.29 is 14.0 Å². The number of furan rings is 1. The molecule has 1 unspecified atom stereocenters. The molecule has 1 aliphatic rings. The van der Waals surface area contributed by atoms with E-state index in [1.807, 2.05) is 14.0 Å². The van der Waals surface area contributed by atoms with Gasteiger partial charge in [0.1, 0.15) is 5.76 Å². The first-order valence-electron chi connectivity index (χ1n) is 6.65. The van der Waals surface area contributed by atoms with Crippen molar-refractivity contribution >= 4 is 24.1 Å². The Balaban J connectivity index is 0.00000200. The Kier molecular flexibility index (Phi) is 5.77. The highest BCUT2D eigenvalue weighted by Gasteiger charge is 2.28. The topological polar surface area (TPSA) is 71.3 Å². The van der Waals surface area contributed by atoms with Gasteiger partial charge >= 0.3 is 0 Å². The lowest BCUT2D eigenvalue weighted by Gasteiger charge is -2.10. The fourth-order valence-corrected chi connectivity index (χ4v) is 2.29. The lowest BCUT2D eigenvalue weighted by molar-refractivity contribution is 0.0916. The summed E-state index contributed by atoms with van der Waals surface area (Å²) in [7, 11) is 1.84. The summed E-state index contributed by atoms with van der Waals surface area (Å²) in [6.45, 7) is 4.28. The number of aryl methyl sites for hydroxylation is 1. The third kappa shape index (κ3) is 3.22. The minimum absolute atomic E-state index is 0. The van der Waals surface area contributed by atoms with Crippen LogP contribution in [0.4, 0.5) is 0 Å². The van der Waals surface area contributed by atoms with E-state index in [-0.39, 0.29) is 35.9 Å². The van der Waals surface area contributed by atoms with Crippen molar-refractivity contribution in [3.05, 3.63) is 22.6 Å². The third-order valence-electron chi connectivity index (χ3n) is 3.57. The second kappa shape index (κ2) is 6.90. The molecular weight excluding hydrogens is 280 g/mol. The van der Waals surface area contributed by atoms with Crippen LogP contribution >= 0.6 is 12.4 Å². The van der Waals surface area contributed by atoms with Crippen molar-refractivity contribution in [3.63, 3.8) is 0 Å². The molecule has 1 aliphatic carbocycles. The first-order valence-corrected chi connectivity index (χ1v) is 6.65. The summed E-state index contributed by atoms with van der Waals surface area (Å²) >= 11 is 0. The van der Waals surface area contributed by atoms with E-state index in [4.69, 9.17) is 4.42 Å². The molecule has 0 aromatic carbocycles. The molecule has 0 aliphatic heterocycles. The zero-order valence-corrected chi connectivity index (χ0v) is 12.9. The smallest absolute Gasteiger partial charge is 0.287 e. The van der Waals surface area contributed by atoms with Gasteiger partial charge in [-0.15, -0.1) is 12.4 Å². The van der Waals surface area contributed by atoms with Crippen molar-refractivity contribution in [1.29, 1.82) is 0 Å². The van der Waals surface area contributed by atoms with Crippen molar-refractivity contribution in [3.8, 4) is 0 Å². The largest absolute Gasteiger partial charge is 0.455 e. The van der Waals surface area contributed by atoms with Crippen LogP contribution in [0.1, 0.15) is 52.0 Å². The van der Waals surface area contributed by atoms with Gasteiger partial charge < -0.3 is 15.1 Å². The van der Waals surface area contributed by atoms with E-state index in [1.54, 1.807) is 6.92 Å². The number of Topliss-reactive ketones (excluding diaryl/α,β-unsaturated/α-hetero) is 1. The molecule has 0 spiro atoms. The zero-order valence-electron chi connectivity index (χ0n) is 12.0. The number of likely N-dealkylation sites (N-methyl/N-ethyl adjacent to an activating group) is 1. The molecule has 112 valence electrons. The number of carbonyl (C=O) groups excluding carboxylic acids is 2. The molecule has 1 atom stereocenters. The SMILES string of the molecule is CNC(C)CNC(=O)c1oc2c(c1C)C(=O)CCC2.Cl. The lowest BCUT2D eigenvalue weighted by atomic mass is 9.94.